The molecule has 0 saturated carbocycles. The maximum atomic E-state index is 12.9. The molecule has 1 fully saturated rings. The summed E-state index contributed by atoms with van der Waals surface area (Å²) in [5.74, 6) is 0.792. The van der Waals surface area contributed by atoms with Crippen LogP contribution in [-0.4, -0.2) is 44.1 Å². The predicted octanol–water partition coefficient (Wildman–Crippen LogP) is 2.11. The number of quaternary nitrogens is 1. The largest absolute Gasteiger partial charge is 0.355 e. The Morgan fingerprint density at radius 3 is 2.61 bits per heavy atom. The Bertz CT molecular complexity index is 1050. The highest BCUT2D eigenvalue weighted by molar-refractivity contribution is 7.89. The van der Waals surface area contributed by atoms with E-state index in [4.69, 9.17) is 4.52 Å². The van der Waals surface area contributed by atoms with Crippen LogP contribution in [0.4, 0.5) is 0 Å². The summed E-state index contributed by atoms with van der Waals surface area (Å²) >= 11 is 1.62. The van der Waals surface area contributed by atoms with Gasteiger partial charge in [0.1, 0.15) is 12.2 Å². The van der Waals surface area contributed by atoms with Gasteiger partial charge in [0.15, 0.2) is 5.76 Å². The van der Waals surface area contributed by atoms with Crippen molar-refractivity contribution in [3.63, 3.8) is 0 Å². The molecule has 1 aliphatic heterocycles. The monoisotopic (exact) mass is 418 g/mol. The SMILES string of the molecule is Cc1ccc(S(=O)(=O)N2CC[NH+](Cc3cc(-c4cccs4)on3)CC2)cc1C. The number of nitrogens with zero attached hydrogens (tertiary/aromatic N) is 2. The summed E-state index contributed by atoms with van der Waals surface area (Å²) in [4.78, 5) is 2.77. The fourth-order valence-corrected chi connectivity index (χ4v) is 5.63. The van der Waals surface area contributed by atoms with Crippen molar-refractivity contribution in [1.29, 1.82) is 0 Å². The first-order chi connectivity index (χ1) is 13.4. The molecule has 0 bridgehead atoms. The average molecular weight is 419 g/mol. The normalized spacial score (nSPS) is 16.5. The van der Waals surface area contributed by atoms with Crippen molar-refractivity contribution < 1.29 is 17.8 Å². The molecular weight excluding hydrogens is 394 g/mol. The number of sulfonamides is 1. The van der Waals surface area contributed by atoms with Crippen LogP contribution in [0.1, 0.15) is 16.8 Å². The molecule has 148 valence electrons. The van der Waals surface area contributed by atoms with Crippen LogP contribution in [0.3, 0.4) is 0 Å². The minimum atomic E-state index is -3.44. The van der Waals surface area contributed by atoms with Crippen LogP contribution in [0.2, 0.25) is 0 Å². The third kappa shape index (κ3) is 3.91. The number of nitrogens with one attached hydrogen (secondary N) is 1. The fourth-order valence-electron chi connectivity index (χ4n) is 3.43. The molecule has 1 saturated heterocycles. The van der Waals surface area contributed by atoms with Crippen molar-refractivity contribution >= 4 is 21.4 Å². The molecule has 28 heavy (non-hydrogen) atoms. The molecular formula is C20H24N3O3S2+. The number of piperazine rings is 1. The van der Waals surface area contributed by atoms with Gasteiger partial charge >= 0.3 is 0 Å². The predicted molar refractivity (Wildman–Crippen MR) is 109 cm³/mol. The Morgan fingerprint density at radius 1 is 1.14 bits per heavy atom. The van der Waals surface area contributed by atoms with E-state index in [0.29, 0.717) is 18.0 Å². The quantitative estimate of drug-likeness (QED) is 0.689. The summed E-state index contributed by atoms with van der Waals surface area (Å²) < 4.78 is 32.9. The van der Waals surface area contributed by atoms with E-state index in [1.165, 1.54) is 4.90 Å². The number of rotatable bonds is 5. The van der Waals surface area contributed by atoms with Gasteiger partial charge in [0.05, 0.1) is 36.0 Å². The van der Waals surface area contributed by atoms with E-state index in [2.05, 4.69) is 5.16 Å². The van der Waals surface area contributed by atoms with Crippen LogP contribution in [-0.2, 0) is 16.6 Å². The summed E-state index contributed by atoms with van der Waals surface area (Å²) in [5.41, 5.74) is 3.00. The third-order valence-corrected chi connectivity index (χ3v) is 8.08. The number of aryl methyl sites for hydroxylation is 2. The van der Waals surface area contributed by atoms with Crippen molar-refractivity contribution in [2.24, 2.45) is 0 Å². The first-order valence-corrected chi connectivity index (χ1v) is 11.7. The van der Waals surface area contributed by atoms with Gasteiger partial charge < -0.3 is 9.42 Å². The van der Waals surface area contributed by atoms with E-state index in [1.807, 2.05) is 43.5 Å². The number of benzene rings is 1. The molecule has 0 amide bonds. The minimum Gasteiger partial charge on any atom is -0.355 e. The summed E-state index contributed by atoms with van der Waals surface area (Å²) in [6.07, 6.45) is 0. The maximum Gasteiger partial charge on any atom is 0.243 e. The smallest absolute Gasteiger partial charge is 0.243 e. The molecule has 0 unspecified atom stereocenters. The van der Waals surface area contributed by atoms with E-state index >= 15 is 0 Å². The van der Waals surface area contributed by atoms with Crippen molar-refractivity contribution in [2.75, 3.05) is 26.2 Å². The van der Waals surface area contributed by atoms with E-state index in [0.717, 1.165) is 47.1 Å². The third-order valence-electron chi connectivity index (χ3n) is 5.30. The molecule has 2 aromatic heterocycles. The molecule has 0 radical (unpaired) electrons. The molecule has 6 nitrogen and oxygen atoms in total. The molecule has 0 spiro atoms. The molecule has 4 rings (SSSR count). The first kappa shape index (κ1) is 19.3. The lowest BCUT2D eigenvalue weighted by Gasteiger charge is -2.31. The van der Waals surface area contributed by atoms with Crippen LogP contribution in [0.15, 0.2) is 51.2 Å². The van der Waals surface area contributed by atoms with Gasteiger partial charge in [-0.1, -0.05) is 17.3 Å². The molecule has 1 aromatic carbocycles. The second kappa shape index (κ2) is 7.79. The van der Waals surface area contributed by atoms with Gasteiger partial charge in [-0.25, -0.2) is 8.42 Å². The standard InChI is InChI=1S/C20H23N3O3S2/c1-15-5-6-18(12-16(15)2)28(24,25)23-9-7-22(8-10-23)14-17-13-19(26-21-17)20-4-3-11-27-20/h3-6,11-13H,7-10,14H2,1-2H3/p+1. The zero-order chi connectivity index (χ0) is 19.7. The number of thiophene rings is 1. The van der Waals surface area contributed by atoms with Gasteiger partial charge in [-0.15, -0.1) is 11.3 Å². The maximum absolute atomic E-state index is 12.9. The Balaban J connectivity index is 1.38. The summed E-state index contributed by atoms with van der Waals surface area (Å²) in [6.45, 7) is 7.21. The minimum absolute atomic E-state index is 0.385. The highest BCUT2D eigenvalue weighted by Gasteiger charge is 2.31. The van der Waals surface area contributed by atoms with E-state index in [1.54, 1.807) is 27.8 Å². The molecule has 0 aliphatic carbocycles. The molecule has 1 N–H and O–H groups in total. The van der Waals surface area contributed by atoms with Crippen LogP contribution < -0.4 is 4.90 Å². The molecule has 8 heteroatoms. The molecule has 1 aliphatic rings. The second-order valence-electron chi connectivity index (χ2n) is 7.24. The van der Waals surface area contributed by atoms with E-state index in [-0.39, 0.29) is 0 Å². The van der Waals surface area contributed by atoms with Gasteiger partial charge in [-0.3, -0.25) is 0 Å². The summed E-state index contributed by atoms with van der Waals surface area (Å²) in [6, 6.07) is 11.3. The zero-order valence-electron chi connectivity index (χ0n) is 16.0. The van der Waals surface area contributed by atoms with Crippen LogP contribution in [0.5, 0.6) is 0 Å². The molecule has 0 atom stereocenters. The highest BCUT2D eigenvalue weighted by atomic mass is 32.2. The Labute approximate surface area is 169 Å². The van der Waals surface area contributed by atoms with Crippen LogP contribution >= 0.6 is 11.3 Å². The lowest BCUT2D eigenvalue weighted by Crippen LogP contribution is -3.13. The molecule has 3 aromatic rings. The van der Waals surface area contributed by atoms with Crippen molar-refractivity contribution in [1.82, 2.24) is 9.46 Å². The first-order valence-electron chi connectivity index (χ1n) is 9.34. The number of hydrogen-bond acceptors (Lipinski definition) is 5. The highest BCUT2D eigenvalue weighted by Crippen LogP contribution is 2.25. The lowest BCUT2D eigenvalue weighted by molar-refractivity contribution is -0.917. The van der Waals surface area contributed by atoms with Crippen LogP contribution in [0.25, 0.3) is 10.6 Å². The van der Waals surface area contributed by atoms with Gasteiger partial charge in [0.25, 0.3) is 0 Å². The van der Waals surface area contributed by atoms with Crippen molar-refractivity contribution in [3.05, 3.63) is 58.6 Å². The summed E-state index contributed by atoms with van der Waals surface area (Å²) in [7, 11) is -3.44. The van der Waals surface area contributed by atoms with Gasteiger partial charge in [0, 0.05) is 6.07 Å². The topological polar surface area (TPSA) is 67.8 Å². The zero-order valence-corrected chi connectivity index (χ0v) is 17.6. The lowest BCUT2D eigenvalue weighted by atomic mass is 10.1. The van der Waals surface area contributed by atoms with Gasteiger partial charge in [-0.2, -0.15) is 4.31 Å². The van der Waals surface area contributed by atoms with E-state index < -0.39 is 10.0 Å². The van der Waals surface area contributed by atoms with Crippen molar-refractivity contribution in [2.45, 2.75) is 25.3 Å². The Morgan fingerprint density at radius 2 is 1.93 bits per heavy atom. The fraction of sp³-hybridized carbons (Fsp3) is 0.350. The number of hydrogen-bond donors (Lipinski definition) is 1. The molecule has 3 heterocycles. The number of aromatic nitrogens is 1. The van der Waals surface area contributed by atoms with Gasteiger partial charge in [-0.05, 0) is 48.6 Å². The summed E-state index contributed by atoms with van der Waals surface area (Å²) in [5, 5.41) is 6.19. The Kier molecular flexibility index (Phi) is 5.37. The van der Waals surface area contributed by atoms with Crippen molar-refractivity contribution in [3.8, 4) is 10.6 Å². The van der Waals surface area contributed by atoms with E-state index in [9.17, 15) is 8.42 Å². The average Bonchev–Trinajstić information content (AvgIpc) is 3.36. The van der Waals surface area contributed by atoms with Crippen LogP contribution in [0, 0.1) is 13.8 Å². The van der Waals surface area contributed by atoms with Gasteiger partial charge in [0.2, 0.25) is 10.0 Å². The Hall–Kier alpha value is -2.00. The second-order valence-corrected chi connectivity index (χ2v) is 10.1.